The quantitative estimate of drug-likeness (QED) is 0.0938. The van der Waals surface area contributed by atoms with E-state index in [9.17, 15) is 9.59 Å². The van der Waals surface area contributed by atoms with Gasteiger partial charge >= 0.3 is 5.69 Å². The molecule has 0 radical (unpaired) electrons. The lowest BCUT2D eigenvalue weighted by atomic mass is 9.80. The monoisotopic (exact) mass is 511 g/mol. The number of nitrogens with zero attached hydrogens (tertiary/aromatic N) is 4. The average molecular weight is 512 g/mol. The molecule has 0 saturated carbocycles. The zero-order valence-corrected chi connectivity index (χ0v) is 21.1. The van der Waals surface area contributed by atoms with Gasteiger partial charge in [-0.15, -0.1) is 0 Å². The summed E-state index contributed by atoms with van der Waals surface area (Å²) in [6.45, 7) is 2.05. The second-order valence-corrected chi connectivity index (χ2v) is 8.67. The molecule has 0 aliphatic rings. The van der Waals surface area contributed by atoms with E-state index in [4.69, 9.17) is 15.0 Å². The maximum atomic E-state index is 12.5. The van der Waals surface area contributed by atoms with E-state index >= 15 is 0 Å². The largest absolute Gasteiger partial charge is 0.358 e. The van der Waals surface area contributed by atoms with Gasteiger partial charge in [0.25, 0.3) is 5.56 Å². The minimum atomic E-state index is -0.904. The molecular weight excluding hydrogens is 482 g/mol. The van der Waals surface area contributed by atoms with Crippen LogP contribution in [0, 0.1) is 6.92 Å². The number of H-pyrrole nitrogens is 1. The molecule has 0 saturated heterocycles. The van der Waals surface area contributed by atoms with Gasteiger partial charge in [-0.2, -0.15) is 0 Å². The summed E-state index contributed by atoms with van der Waals surface area (Å²) in [6, 6.07) is 30.0. The van der Waals surface area contributed by atoms with E-state index < -0.39 is 23.1 Å². The lowest BCUT2D eigenvalue weighted by Crippen LogP contribution is -2.36. The smallest absolute Gasteiger partial charge is 0.330 e. The Balaban J connectivity index is 1.64. The Hall–Kier alpha value is -4.43. The number of benzene rings is 3. The molecule has 0 spiro atoms. The van der Waals surface area contributed by atoms with Crippen molar-refractivity contribution < 1.29 is 9.47 Å². The van der Waals surface area contributed by atoms with Crippen molar-refractivity contribution in [2.24, 2.45) is 5.11 Å². The number of azide groups is 1. The first-order chi connectivity index (χ1) is 18.6. The van der Waals surface area contributed by atoms with Gasteiger partial charge in [-0.05, 0) is 35.6 Å². The predicted molar refractivity (Wildman–Crippen MR) is 145 cm³/mol. The average Bonchev–Trinajstić information content (AvgIpc) is 2.96. The van der Waals surface area contributed by atoms with Crippen molar-refractivity contribution in [2.45, 2.75) is 25.2 Å². The van der Waals surface area contributed by atoms with Gasteiger partial charge in [0.1, 0.15) is 11.8 Å². The van der Waals surface area contributed by atoms with Gasteiger partial charge in [-0.25, -0.2) is 4.79 Å². The van der Waals surface area contributed by atoms with Gasteiger partial charge in [0, 0.05) is 23.2 Å². The van der Waals surface area contributed by atoms with Crippen LogP contribution in [0.25, 0.3) is 10.4 Å². The number of aromatic amines is 1. The molecule has 38 heavy (non-hydrogen) atoms. The van der Waals surface area contributed by atoms with Crippen LogP contribution in [0.3, 0.4) is 0 Å². The van der Waals surface area contributed by atoms with Crippen LogP contribution in [0.5, 0.6) is 0 Å². The predicted octanol–water partition coefficient (Wildman–Crippen LogP) is 5.07. The van der Waals surface area contributed by atoms with E-state index in [0.717, 1.165) is 16.7 Å². The zero-order chi connectivity index (χ0) is 26.8. The zero-order valence-electron chi connectivity index (χ0n) is 21.1. The summed E-state index contributed by atoms with van der Waals surface area (Å²) in [6.07, 6.45) is 0.938. The van der Waals surface area contributed by atoms with Crippen LogP contribution in [0.15, 0.2) is 112 Å². The maximum absolute atomic E-state index is 12.5. The highest BCUT2D eigenvalue weighted by atomic mass is 16.5. The highest BCUT2D eigenvalue weighted by molar-refractivity contribution is 5.47. The fourth-order valence-corrected chi connectivity index (χ4v) is 4.46. The Morgan fingerprint density at radius 1 is 0.895 bits per heavy atom. The minimum Gasteiger partial charge on any atom is -0.358 e. The number of nitrogens with one attached hydrogen (secondary N) is 1. The number of aryl methyl sites for hydroxylation is 1. The number of hydrogen-bond donors (Lipinski definition) is 1. The van der Waals surface area contributed by atoms with Gasteiger partial charge in [0.2, 0.25) is 0 Å². The van der Waals surface area contributed by atoms with Crippen molar-refractivity contribution in [3.8, 4) is 0 Å². The van der Waals surface area contributed by atoms with Crippen LogP contribution >= 0.6 is 0 Å². The summed E-state index contributed by atoms with van der Waals surface area (Å²) >= 11 is 0. The third kappa shape index (κ3) is 5.92. The highest BCUT2D eigenvalue weighted by Gasteiger charge is 2.37. The molecule has 0 fully saturated rings. The van der Waals surface area contributed by atoms with Gasteiger partial charge < -0.3 is 9.47 Å². The summed E-state index contributed by atoms with van der Waals surface area (Å²) < 4.78 is 14.1. The third-order valence-corrected chi connectivity index (χ3v) is 6.25. The van der Waals surface area contributed by atoms with E-state index in [1.807, 2.05) is 91.0 Å². The molecule has 9 nitrogen and oxygen atoms in total. The number of hydrogen-bond acceptors (Lipinski definition) is 5. The van der Waals surface area contributed by atoms with Crippen molar-refractivity contribution in [2.75, 3.05) is 19.8 Å². The molecule has 1 N–H and O–H groups in total. The van der Waals surface area contributed by atoms with Crippen molar-refractivity contribution in [3.63, 3.8) is 0 Å². The molecule has 1 aromatic heterocycles. The minimum absolute atomic E-state index is 0.120. The molecule has 3 aromatic carbocycles. The van der Waals surface area contributed by atoms with E-state index in [0.29, 0.717) is 5.56 Å². The molecule has 0 aliphatic heterocycles. The molecule has 0 aliphatic carbocycles. The van der Waals surface area contributed by atoms with Crippen LogP contribution in [-0.2, 0) is 15.1 Å². The lowest BCUT2D eigenvalue weighted by molar-refractivity contribution is -0.0658. The third-order valence-electron chi connectivity index (χ3n) is 6.25. The SMILES string of the molecule is Cc1cn([C@@H](CCN=[N+]=[N-])OCCOC(c2ccccc2)(c2ccccc2)c2ccccc2)c(=O)[nH]c1=O. The van der Waals surface area contributed by atoms with Crippen molar-refractivity contribution in [3.05, 3.63) is 151 Å². The van der Waals surface area contributed by atoms with E-state index in [1.165, 1.54) is 10.8 Å². The molecule has 1 atom stereocenters. The van der Waals surface area contributed by atoms with E-state index in [1.54, 1.807) is 6.92 Å². The van der Waals surface area contributed by atoms with Gasteiger partial charge in [-0.3, -0.25) is 14.3 Å². The second-order valence-electron chi connectivity index (χ2n) is 8.67. The van der Waals surface area contributed by atoms with Crippen LogP contribution < -0.4 is 11.2 Å². The van der Waals surface area contributed by atoms with Crippen molar-refractivity contribution in [1.82, 2.24) is 9.55 Å². The Morgan fingerprint density at radius 2 is 1.42 bits per heavy atom. The fraction of sp³-hybridized carbons (Fsp3) is 0.241. The molecule has 9 heteroatoms. The Morgan fingerprint density at radius 3 is 1.92 bits per heavy atom. The first-order valence-electron chi connectivity index (χ1n) is 12.3. The Labute approximate surface area is 219 Å². The first kappa shape index (κ1) is 26.6. The van der Waals surface area contributed by atoms with Gasteiger partial charge in [0.05, 0.1) is 13.2 Å². The summed E-state index contributed by atoms with van der Waals surface area (Å²) in [4.78, 5) is 29.4. The van der Waals surface area contributed by atoms with E-state index in [-0.39, 0.29) is 26.2 Å². The summed E-state index contributed by atoms with van der Waals surface area (Å²) in [5.41, 5.74) is 10.00. The number of rotatable bonds is 12. The summed E-state index contributed by atoms with van der Waals surface area (Å²) in [5.74, 6) is 0. The summed E-state index contributed by atoms with van der Waals surface area (Å²) in [7, 11) is 0. The maximum Gasteiger partial charge on any atom is 0.330 e. The van der Waals surface area contributed by atoms with Crippen LogP contribution in [0.2, 0.25) is 0 Å². The fourth-order valence-electron chi connectivity index (χ4n) is 4.46. The molecule has 0 unspecified atom stereocenters. The molecule has 0 bridgehead atoms. The topological polar surface area (TPSA) is 122 Å². The van der Waals surface area contributed by atoms with Gasteiger partial charge in [0.15, 0.2) is 0 Å². The van der Waals surface area contributed by atoms with Gasteiger partial charge in [-0.1, -0.05) is 96.1 Å². The Kier molecular flexibility index (Phi) is 8.89. The second kappa shape index (κ2) is 12.7. The Bertz CT molecular complexity index is 1380. The number of aromatic nitrogens is 2. The summed E-state index contributed by atoms with van der Waals surface area (Å²) in [5, 5.41) is 3.58. The molecule has 1 heterocycles. The van der Waals surface area contributed by atoms with Crippen LogP contribution in [-0.4, -0.2) is 29.3 Å². The van der Waals surface area contributed by atoms with Crippen molar-refractivity contribution >= 4 is 0 Å². The number of ether oxygens (including phenoxy) is 2. The van der Waals surface area contributed by atoms with Crippen LogP contribution in [0.4, 0.5) is 0 Å². The van der Waals surface area contributed by atoms with E-state index in [2.05, 4.69) is 15.0 Å². The molecule has 4 rings (SSSR count). The molecular formula is C29H29N5O4. The molecule has 4 aromatic rings. The highest BCUT2D eigenvalue weighted by Crippen LogP contribution is 2.40. The normalized spacial score (nSPS) is 12.0. The lowest BCUT2D eigenvalue weighted by Gasteiger charge is -2.36. The molecule has 194 valence electrons. The standard InChI is InChI=1S/C29H29N5O4/c1-22-21-34(28(36)32-27(22)35)26(17-18-31-33-30)37-19-20-38-29(23-11-5-2-6-12-23,24-13-7-3-8-14-24)25-15-9-4-10-16-25/h2-16,21,26H,17-20H2,1H3,(H,32,35,36)/t26-/m1/s1. The molecule has 0 amide bonds. The first-order valence-corrected chi connectivity index (χ1v) is 12.3. The van der Waals surface area contributed by atoms with Crippen LogP contribution in [0.1, 0.15) is 34.9 Å². The van der Waals surface area contributed by atoms with Crippen molar-refractivity contribution in [1.29, 1.82) is 0 Å².